The Balaban J connectivity index is 1.58. The minimum atomic E-state index is -3.72. The molecule has 0 unspecified atom stereocenters. The van der Waals surface area contributed by atoms with Crippen LogP contribution >= 0.6 is 0 Å². The molecule has 0 saturated heterocycles. The predicted octanol–water partition coefficient (Wildman–Crippen LogP) is 0.790. The van der Waals surface area contributed by atoms with Crippen LogP contribution in [0.2, 0.25) is 0 Å². The summed E-state index contributed by atoms with van der Waals surface area (Å²) in [5.41, 5.74) is 0.743. The Labute approximate surface area is 139 Å². The van der Waals surface area contributed by atoms with Gasteiger partial charge >= 0.3 is 0 Å². The number of primary sulfonamides is 1. The van der Waals surface area contributed by atoms with Crippen LogP contribution < -0.4 is 19.9 Å². The molecule has 0 radical (unpaired) electrons. The van der Waals surface area contributed by atoms with E-state index in [1.807, 2.05) is 6.07 Å². The summed E-state index contributed by atoms with van der Waals surface area (Å²) in [6, 6.07) is 13.1. The van der Waals surface area contributed by atoms with Crippen molar-refractivity contribution >= 4 is 15.9 Å². The molecule has 24 heavy (non-hydrogen) atoms. The van der Waals surface area contributed by atoms with Gasteiger partial charge in [-0.2, -0.15) is 0 Å². The van der Waals surface area contributed by atoms with E-state index >= 15 is 0 Å². The molecule has 0 saturated carbocycles. The average molecular weight is 348 g/mol. The Bertz CT molecular complexity index is 849. The average Bonchev–Trinajstić information content (AvgIpc) is 2.59. The van der Waals surface area contributed by atoms with Gasteiger partial charge in [-0.3, -0.25) is 4.79 Å². The van der Waals surface area contributed by atoms with Crippen LogP contribution in [0.25, 0.3) is 0 Å². The zero-order valence-electron chi connectivity index (χ0n) is 12.6. The fourth-order valence-electron chi connectivity index (χ4n) is 2.25. The highest BCUT2D eigenvalue weighted by Gasteiger charge is 2.26. The zero-order valence-corrected chi connectivity index (χ0v) is 13.5. The first-order valence-corrected chi connectivity index (χ1v) is 8.76. The summed E-state index contributed by atoms with van der Waals surface area (Å²) in [6.07, 6.45) is -0.733. The Kier molecular flexibility index (Phi) is 4.41. The van der Waals surface area contributed by atoms with Crippen molar-refractivity contribution in [3.05, 3.63) is 54.1 Å². The number of nitrogens with one attached hydrogen (secondary N) is 1. The van der Waals surface area contributed by atoms with Gasteiger partial charge in [-0.1, -0.05) is 24.3 Å². The molecule has 0 aliphatic carbocycles. The molecule has 0 fully saturated rings. The molecule has 1 aliphatic heterocycles. The van der Waals surface area contributed by atoms with Gasteiger partial charge in [0.25, 0.3) is 5.91 Å². The molecule has 3 rings (SSSR count). The molecule has 1 aliphatic rings. The molecule has 3 N–H and O–H groups in total. The SMILES string of the molecule is NS(=O)(=O)c1ccc(CNC(=O)[C@@H]2COc3ccccc3O2)cc1. The van der Waals surface area contributed by atoms with Gasteiger partial charge in [0, 0.05) is 6.54 Å². The van der Waals surface area contributed by atoms with E-state index in [0.717, 1.165) is 5.56 Å². The summed E-state index contributed by atoms with van der Waals surface area (Å²) in [6.45, 7) is 0.373. The summed E-state index contributed by atoms with van der Waals surface area (Å²) in [7, 11) is -3.72. The second-order valence-corrected chi connectivity index (χ2v) is 6.83. The third kappa shape index (κ3) is 3.66. The van der Waals surface area contributed by atoms with Gasteiger partial charge in [-0.25, -0.2) is 13.6 Å². The largest absolute Gasteiger partial charge is 0.485 e. The van der Waals surface area contributed by atoms with Crippen LogP contribution in [-0.4, -0.2) is 27.0 Å². The minimum absolute atomic E-state index is 0.0261. The predicted molar refractivity (Wildman–Crippen MR) is 86.0 cm³/mol. The standard InChI is InChI=1S/C16H16N2O5S/c17-24(20,21)12-7-5-11(6-8-12)9-18-16(19)15-10-22-13-3-1-2-4-14(13)23-15/h1-8,15H,9-10H2,(H,18,19)(H2,17,20,21)/t15-/m0/s1. The van der Waals surface area contributed by atoms with E-state index in [4.69, 9.17) is 14.6 Å². The number of fused-ring (bicyclic) bond motifs is 1. The molecule has 2 aromatic rings. The van der Waals surface area contributed by atoms with Crippen molar-refractivity contribution in [2.24, 2.45) is 5.14 Å². The van der Waals surface area contributed by atoms with Gasteiger partial charge in [0.15, 0.2) is 11.5 Å². The minimum Gasteiger partial charge on any atom is -0.485 e. The number of hydrogen-bond acceptors (Lipinski definition) is 5. The Morgan fingerprint density at radius 1 is 1.12 bits per heavy atom. The van der Waals surface area contributed by atoms with Crippen LogP contribution in [-0.2, 0) is 21.4 Å². The highest BCUT2D eigenvalue weighted by Crippen LogP contribution is 2.30. The lowest BCUT2D eigenvalue weighted by Crippen LogP contribution is -2.43. The van der Waals surface area contributed by atoms with Crippen molar-refractivity contribution < 1.29 is 22.7 Å². The van der Waals surface area contributed by atoms with E-state index in [9.17, 15) is 13.2 Å². The molecule has 8 heteroatoms. The molecule has 0 spiro atoms. The molecular weight excluding hydrogens is 332 g/mol. The number of sulfonamides is 1. The molecular formula is C16H16N2O5S. The highest BCUT2D eigenvalue weighted by molar-refractivity contribution is 7.89. The second-order valence-electron chi connectivity index (χ2n) is 5.27. The molecule has 1 amide bonds. The van der Waals surface area contributed by atoms with Crippen LogP contribution in [0.4, 0.5) is 0 Å². The maximum atomic E-state index is 12.2. The lowest BCUT2D eigenvalue weighted by Gasteiger charge is -2.25. The summed E-state index contributed by atoms with van der Waals surface area (Å²) in [5, 5.41) is 7.77. The molecule has 126 valence electrons. The number of carbonyl (C=O) groups excluding carboxylic acids is 1. The number of rotatable bonds is 4. The fourth-order valence-corrected chi connectivity index (χ4v) is 2.76. The molecule has 1 atom stereocenters. The van der Waals surface area contributed by atoms with Gasteiger partial charge in [0.05, 0.1) is 4.90 Å². The van der Waals surface area contributed by atoms with Gasteiger partial charge < -0.3 is 14.8 Å². The monoisotopic (exact) mass is 348 g/mol. The summed E-state index contributed by atoms with van der Waals surface area (Å²) < 4.78 is 33.5. The van der Waals surface area contributed by atoms with Gasteiger partial charge in [-0.05, 0) is 29.8 Å². The van der Waals surface area contributed by atoms with Gasteiger partial charge in [0.1, 0.15) is 6.61 Å². The van der Waals surface area contributed by atoms with E-state index in [-0.39, 0.29) is 24.0 Å². The Morgan fingerprint density at radius 3 is 2.46 bits per heavy atom. The first-order chi connectivity index (χ1) is 11.4. The van der Waals surface area contributed by atoms with Crippen molar-refractivity contribution in [1.82, 2.24) is 5.32 Å². The summed E-state index contributed by atoms with van der Waals surface area (Å²) in [5.74, 6) is 0.835. The number of para-hydroxylation sites is 2. The summed E-state index contributed by atoms with van der Waals surface area (Å²) >= 11 is 0. The number of hydrogen-bond donors (Lipinski definition) is 2. The topological polar surface area (TPSA) is 108 Å². The second kappa shape index (κ2) is 6.50. The van der Waals surface area contributed by atoms with Crippen molar-refractivity contribution in [1.29, 1.82) is 0 Å². The van der Waals surface area contributed by atoms with Crippen molar-refractivity contribution in [3.8, 4) is 11.5 Å². The lowest BCUT2D eigenvalue weighted by molar-refractivity contribution is -0.130. The van der Waals surface area contributed by atoms with Crippen LogP contribution in [0, 0.1) is 0 Å². The van der Waals surface area contributed by atoms with E-state index in [2.05, 4.69) is 5.32 Å². The third-order valence-corrected chi connectivity index (χ3v) is 4.45. The summed E-state index contributed by atoms with van der Waals surface area (Å²) in [4.78, 5) is 12.2. The van der Waals surface area contributed by atoms with Crippen LogP contribution in [0.1, 0.15) is 5.56 Å². The molecule has 0 bridgehead atoms. The Hall–Kier alpha value is -2.58. The van der Waals surface area contributed by atoms with Crippen LogP contribution in [0.15, 0.2) is 53.4 Å². The smallest absolute Gasteiger partial charge is 0.264 e. The van der Waals surface area contributed by atoms with Crippen molar-refractivity contribution in [2.45, 2.75) is 17.5 Å². The van der Waals surface area contributed by atoms with E-state index < -0.39 is 16.1 Å². The molecule has 0 aromatic heterocycles. The van der Waals surface area contributed by atoms with Gasteiger partial charge in [0.2, 0.25) is 16.1 Å². The number of carbonyl (C=O) groups is 1. The lowest BCUT2D eigenvalue weighted by atomic mass is 10.2. The van der Waals surface area contributed by atoms with E-state index in [1.54, 1.807) is 30.3 Å². The van der Waals surface area contributed by atoms with Crippen LogP contribution in [0.5, 0.6) is 11.5 Å². The quantitative estimate of drug-likeness (QED) is 0.849. The number of ether oxygens (including phenoxy) is 2. The first-order valence-electron chi connectivity index (χ1n) is 7.21. The number of benzene rings is 2. The normalized spacial score (nSPS) is 16.5. The maximum Gasteiger partial charge on any atom is 0.264 e. The number of nitrogens with two attached hydrogens (primary N) is 1. The molecule has 1 heterocycles. The van der Waals surface area contributed by atoms with Crippen molar-refractivity contribution in [2.75, 3.05) is 6.61 Å². The van der Waals surface area contributed by atoms with E-state index in [1.165, 1.54) is 12.1 Å². The number of amides is 1. The highest BCUT2D eigenvalue weighted by atomic mass is 32.2. The van der Waals surface area contributed by atoms with Crippen molar-refractivity contribution in [3.63, 3.8) is 0 Å². The zero-order chi connectivity index (χ0) is 17.2. The fraction of sp³-hybridized carbons (Fsp3) is 0.188. The first kappa shape index (κ1) is 16.3. The molecule has 7 nitrogen and oxygen atoms in total. The Morgan fingerprint density at radius 2 is 1.79 bits per heavy atom. The molecule has 2 aromatic carbocycles. The van der Waals surface area contributed by atoms with Gasteiger partial charge in [-0.15, -0.1) is 0 Å². The van der Waals surface area contributed by atoms with E-state index in [0.29, 0.717) is 11.5 Å². The van der Waals surface area contributed by atoms with Crippen LogP contribution in [0.3, 0.4) is 0 Å². The maximum absolute atomic E-state index is 12.2. The third-order valence-electron chi connectivity index (χ3n) is 3.52.